The SMILES string of the molecule is CCC(=O)N(CC(=O)Nc1cc(C(C)(C)C)nn1-c1cccc(C)c1C)CC(C)C. The first-order valence-corrected chi connectivity index (χ1v) is 10.7. The number of benzene rings is 1. The minimum Gasteiger partial charge on any atom is -0.333 e. The summed E-state index contributed by atoms with van der Waals surface area (Å²) in [6, 6.07) is 7.98. The highest BCUT2D eigenvalue weighted by molar-refractivity contribution is 5.94. The highest BCUT2D eigenvalue weighted by Crippen LogP contribution is 2.28. The number of carbonyl (C=O) groups is 2. The van der Waals surface area contributed by atoms with Crippen LogP contribution < -0.4 is 5.32 Å². The standard InChI is InChI=1S/C24H36N4O2/c1-9-23(30)27(14-16(2)3)15-22(29)25-21-13-20(24(6,7)8)26-28(21)19-12-10-11-17(4)18(19)5/h10-13,16H,9,14-15H2,1-8H3,(H,25,29). The van der Waals surface area contributed by atoms with E-state index in [-0.39, 0.29) is 23.8 Å². The van der Waals surface area contributed by atoms with Crippen molar-refractivity contribution in [3.63, 3.8) is 0 Å². The normalized spacial score (nSPS) is 11.6. The summed E-state index contributed by atoms with van der Waals surface area (Å²) < 4.78 is 1.80. The monoisotopic (exact) mass is 412 g/mol. The van der Waals surface area contributed by atoms with Gasteiger partial charge in [0.1, 0.15) is 5.82 Å². The molecule has 0 aliphatic heterocycles. The molecular weight excluding hydrogens is 376 g/mol. The summed E-state index contributed by atoms with van der Waals surface area (Å²) in [5.74, 6) is 0.676. The van der Waals surface area contributed by atoms with Crippen LogP contribution in [0.4, 0.5) is 5.82 Å². The van der Waals surface area contributed by atoms with Gasteiger partial charge in [-0.3, -0.25) is 9.59 Å². The third-order valence-electron chi connectivity index (χ3n) is 5.12. The molecular formula is C24H36N4O2. The van der Waals surface area contributed by atoms with E-state index in [0.717, 1.165) is 22.5 Å². The Morgan fingerprint density at radius 1 is 1.20 bits per heavy atom. The fourth-order valence-electron chi connectivity index (χ4n) is 3.26. The van der Waals surface area contributed by atoms with Gasteiger partial charge in [-0.15, -0.1) is 0 Å². The minimum atomic E-state index is -0.218. The summed E-state index contributed by atoms with van der Waals surface area (Å²) in [6.45, 7) is 16.9. The fraction of sp³-hybridized carbons (Fsp3) is 0.542. The quantitative estimate of drug-likeness (QED) is 0.721. The zero-order valence-electron chi connectivity index (χ0n) is 19.7. The molecule has 6 nitrogen and oxygen atoms in total. The maximum Gasteiger partial charge on any atom is 0.245 e. The number of rotatable bonds is 7. The Kier molecular flexibility index (Phi) is 7.45. The van der Waals surface area contributed by atoms with Crippen molar-refractivity contribution in [3.8, 4) is 5.69 Å². The number of hydrogen-bond donors (Lipinski definition) is 1. The van der Waals surface area contributed by atoms with Crippen molar-refractivity contribution in [2.45, 2.75) is 67.2 Å². The van der Waals surface area contributed by atoms with E-state index in [4.69, 9.17) is 5.10 Å². The lowest BCUT2D eigenvalue weighted by Crippen LogP contribution is -2.40. The number of amides is 2. The summed E-state index contributed by atoms with van der Waals surface area (Å²) in [7, 11) is 0. The van der Waals surface area contributed by atoms with Crippen molar-refractivity contribution < 1.29 is 9.59 Å². The number of aryl methyl sites for hydroxylation is 1. The van der Waals surface area contributed by atoms with Crippen molar-refractivity contribution in [1.29, 1.82) is 0 Å². The van der Waals surface area contributed by atoms with E-state index in [9.17, 15) is 9.59 Å². The van der Waals surface area contributed by atoms with Gasteiger partial charge in [-0.2, -0.15) is 5.10 Å². The highest BCUT2D eigenvalue weighted by atomic mass is 16.2. The van der Waals surface area contributed by atoms with Gasteiger partial charge in [-0.1, -0.05) is 53.7 Å². The van der Waals surface area contributed by atoms with Gasteiger partial charge in [0.25, 0.3) is 0 Å². The number of aromatic nitrogens is 2. The summed E-state index contributed by atoms with van der Waals surface area (Å²) >= 11 is 0. The van der Waals surface area contributed by atoms with Crippen LogP contribution in [0.3, 0.4) is 0 Å². The zero-order chi connectivity index (χ0) is 22.6. The Morgan fingerprint density at radius 2 is 1.87 bits per heavy atom. The Labute approximate surface area is 180 Å². The molecule has 30 heavy (non-hydrogen) atoms. The summed E-state index contributed by atoms with van der Waals surface area (Å²) in [5, 5.41) is 7.81. The molecule has 0 saturated carbocycles. The van der Waals surface area contributed by atoms with Gasteiger partial charge in [-0.05, 0) is 37.0 Å². The number of hydrogen-bond acceptors (Lipinski definition) is 3. The molecule has 2 aromatic rings. The lowest BCUT2D eigenvalue weighted by Gasteiger charge is -2.23. The molecule has 0 spiro atoms. The zero-order valence-corrected chi connectivity index (χ0v) is 19.7. The number of nitrogens with one attached hydrogen (secondary N) is 1. The average molecular weight is 413 g/mol. The molecule has 2 rings (SSSR count). The molecule has 164 valence electrons. The molecule has 0 atom stereocenters. The van der Waals surface area contributed by atoms with Crippen LogP contribution in [0.5, 0.6) is 0 Å². The van der Waals surface area contributed by atoms with Crippen LogP contribution in [0.1, 0.15) is 64.8 Å². The fourth-order valence-corrected chi connectivity index (χ4v) is 3.26. The summed E-state index contributed by atoms with van der Waals surface area (Å²) in [4.78, 5) is 26.8. The molecule has 1 aromatic heterocycles. The predicted molar refractivity (Wildman–Crippen MR) is 122 cm³/mol. The largest absolute Gasteiger partial charge is 0.333 e. The van der Waals surface area contributed by atoms with Gasteiger partial charge in [-0.25, -0.2) is 4.68 Å². The predicted octanol–water partition coefficient (Wildman–Crippen LogP) is 4.62. The van der Waals surface area contributed by atoms with Crippen LogP contribution >= 0.6 is 0 Å². The van der Waals surface area contributed by atoms with E-state index in [1.54, 1.807) is 9.58 Å². The molecule has 0 saturated heterocycles. The van der Waals surface area contributed by atoms with Crippen LogP contribution in [-0.2, 0) is 15.0 Å². The first-order chi connectivity index (χ1) is 13.9. The molecule has 1 aromatic carbocycles. The van der Waals surface area contributed by atoms with Crippen molar-refractivity contribution in [3.05, 3.63) is 41.1 Å². The number of nitrogens with zero attached hydrogens (tertiary/aromatic N) is 3. The van der Waals surface area contributed by atoms with Crippen LogP contribution in [0, 0.1) is 19.8 Å². The van der Waals surface area contributed by atoms with Crippen molar-refractivity contribution >= 4 is 17.6 Å². The third kappa shape index (κ3) is 5.71. The average Bonchev–Trinajstić information content (AvgIpc) is 3.06. The lowest BCUT2D eigenvalue weighted by molar-refractivity contribution is -0.134. The van der Waals surface area contributed by atoms with Crippen LogP contribution in [0.15, 0.2) is 24.3 Å². The Hall–Kier alpha value is -2.63. The topological polar surface area (TPSA) is 67.2 Å². The Bertz CT molecular complexity index is 906. The molecule has 0 bridgehead atoms. The van der Waals surface area contributed by atoms with Crippen LogP contribution in [0.2, 0.25) is 0 Å². The molecule has 1 heterocycles. The van der Waals surface area contributed by atoms with Crippen molar-refractivity contribution in [2.24, 2.45) is 5.92 Å². The Morgan fingerprint density at radius 3 is 2.43 bits per heavy atom. The first kappa shape index (κ1) is 23.6. The van der Waals surface area contributed by atoms with Crippen LogP contribution in [0.25, 0.3) is 5.69 Å². The molecule has 6 heteroatoms. The molecule has 0 fully saturated rings. The van der Waals surface area contributed by atoms with Gasteiger partial charge < -0.3 is 10.2 Å². The molecule has 0 radical (unpaired) electrons. The first-order valence-electron chi connectivity index (χ1n) is 10.7. The van der Waals surface area contributed by atoms with Gasteiger partial charge in [0, 0.05) is 24.4 Å². The summed E-state index contributed by atoms with van der Waals surface area (Å²) in [5.41, 5.74) is 3.94. The van der Waals surface area contributed by atoms with E-state index in [0.29, 0.717) is 24.7 Å². The van der Waals surface area contributed by atoms with E-state index in [1.807, 2.05) is 39.0 Å². The second-order valence-corrected chi connectivity index (χ2v) is 9.37. The van der Waals surface area contributed by atoms with Gasteiger partial charge in [0.05, 0.1) is 17.9 Å². The molecule has 0 unspecified atom stereocenters. The van der Waals surface area contributed by atoms with Gasteiger partial charge >= 0.3 is 0 Å². The van der Waals surface area contributed by atoms with Gasteiger partial charge in [0.15, 0.2) is 0 Å². The van der Waals surface area contributed by atoms with Crippen LogP contribution in [-0.4, -0.2) is 39.6 Å². The lowest BCUT2D eigenvalue weighted by atomic mass is 9.92. The van der Waals surface area contributed by atoms with E-state index in [2.05, 4.69) is 46.0 Å². The Balaban J connectivity index is 2.38. The van der Waals surface area contributed by atoms with E-state index < -0.39 is 0 Å². The number of anilines is 1. The maximum absolute atomic E-state index is 12.9. The van der Waals surface area contributed by atoms with Crippen molar-refractivity contribution in [2.75, 3.05) is 18.4 Å². The number of carbonyl (C=O) groups excluding carboxylic acids is 2. The van der Waals surface area contributed by atoms with E-state index in [1.165, 1.54) is 0 Å². The smallest absolute Gasteiger partial charge is 0.245 e. The molecule has 0 aliphatic rings. The van der Waals surface area contributed by atoms with E-state index >= 15 is 0 Å². The minimum absolute atomic E-state index is 0.0164. The molecule has 0 aliphatic carbocycles. The third-order valence-corrected chi connectivity index (χ3v) is 5.12. The molecule has 1 N–H and O–H groups in total. The van der Waals surface area contributed by atoms with Crippen molar-refractivity contribution in [1.82, 2.24) is 14.7 Å². The second-order valence-electron chi connectivity index (χ2n) is 9.37. The molecule has 2 amide bonds. The summed E-state index contributed by atoms with van der Waals surface area (Å²) in [6.07, 6.45) is 0.384. The highest BCUT2D eigenvalue weighted by Gasteiger charge is 2.23. The maximum atomic E-state index is 12.9. The van der Waals surface area contributed by atoms with Gasteiger partial charge in [0.2, 0.25) is 11.8 Å². The second kappa shape index (κ2) is 9.45.